The fraction of sp³-hybridized carbons (Fsp3) is 0. The standard InChI is InChI=1S/Mo.6HO3P/c;6*1-4(2)3/h;6*(H,1,2,3)/p-6. The van der Waals surface area contributed by atoms with Crippen LogP contribution in [0.5, 0.6) is 0 Å². The van der Waals surface area contributed by atoms with Crippen molar-refractivity contribution in [3.05, 3.63) is 0 Å². The monoisotopic (exact) mass is 572 g/mol. The van der Waals surface area contributed by atoms with E-state index in [4.69, 9.17) is 86.1 Å². The summed E-state index contributed by atoms with van der Waals surface area (Å²) < 4.78 is 50.9. The summed E-state index contributed by atoms with van der Waals surface area (Å²) in [7, 11) is -20.2. The SMILES string of the molecule is O=[P+]([O-])[O-].O=[P+]([O-])[O-].O=[P+]([O-])[O-].O=[P+]([O-])[O-].O=[P+]([O-])[O-].O=[P+]([O-])[O-].[Mo]. The van der Waals surface area contributed by atoms with E-state index in [1.54, 1.807) is 0 Å². The summed E-state index contributed by atoms with van der Waals surface area (Å²) in [4.78, 5) is 102. The third kappa shape index (κ3) is 19800. The minimum Gasteiger partial charge on any atom is -0.598 e. The van der Waals surface area contributed by atoms with E-state index in [2.05, 4.69) is 0 Å². The number of hydrogen-bond acceptors (Lipinski definition) is 18. The predicted molar refractivity (Wildman–Crippen MR) is 45.6 cm³/mol. The fourth-order valence-corrected chi connectivity index (χ4v) is 0. The zero-order valence-corrected chi connectivity index (χ0v) is 17.8. The van der Waals surface area contributed by atoms with E-state index in [1.165, 1.54) is 0 Å². The quantitative estimate of drug-likeness (QED) is 0.193. The first kappa shape index (κ1) is 44.9. The molecule has 25 heteroatoms. The molecule has 0 spiro atoms. The van der Waals surface area contributed by atoms with Crippen LogP contribution in [0.15, 0.2) is 0 Å². The average Bonchev–Trinajstić information content (AvgIpc) is 2.08. The van der Waals surface area contributed by atoms with Crippen LogP contribution in [-0.4, -0.2) is 0 Å². The van der Waals surface area contributed by atoms with Crippen molar-refractivity contribution in [2.75, 3.05) is 0 Å². The van der Waals surface area contributed by atoms with Crippen LogP contribution in [0.1, 0.15) is 0 Å². The zero-order valence-electron chi connectivity index (χ0n) is 10.4. The molecule has 0 saturated heterocycles. The molecule has 25 heavy (non-hydrogen) atoms. The van der Waals surface area contributed by atoms with Crippen molar-refractivity contribution in [3.8, 4) is 0 Å². The molecule has 0 N–H and O–H groups in total. The molecule has 18 nitrogen and oxygen atoms in total. The van der Waals surface area contributed by atoms with Crippen molar-refractivity contribution in [3.63, 3.8) is 0 Å². The third-order valence-corrected chi connectivity index (χ3v) is 0. The predicted octanol–water partition coefficient (Wildman–Crippen LogP) is -9.82. The molecule has 0 rings (SSSR count). The van der Waals surface area contributed by atoms with Crippen LogP contribution in [0.2, 0.25) is 0 Å². The Labute approximate surface area is 157 Å². The average molecular weight is 570 g/mol. The molecule has 0 aromatic carbocycles. The van der Waals surface area contributed by atoms with Crippen molar-refractivity contribution in [1.82, 2.24) is 0 Å². The Morgan fingerprint density at radius 1 is 0.280 bits per heavy atom. The van der Waals surface area contributed by atoms with E-state index >= 15 is 0 Å². The van der Waals surface area contributed by atoms with E-state index in [-0.39, 0.29) is 21.1 Å². The summed E-state index contributed by atoms with van der Waals surface area (Å²) in [5.41, 5.74) is 0. The number of hydrogen-bond donors (Lipinski definition) is 0. The van der Waals surface area contributed by atoms with E-state index in [0.717, 1.165) is 0 Å². The molecular weight excluding hydrogens is 570 g/mol. The Kier molecular flexibility index (Phi) is 71.4. The molecule has 0 aliphatic rings. The third-order valence-electron chi connectivity index (χ3n) is 0. The van der Waals surface area contributed by atoms with Crippen LogP contribution in [0.3, 0.4) is 0 Å². The van der Waals surface area contributed by atoms with Crippen molar-refractivity contribution >= 4 is 49.5 Å². The molecule has 0 atom stereocenters. The van der Waals surface area contributed by atoms with E-state index in [0.29, 0.717) is 0 Å². The van der Waals surface area contributed by atoms with Crippen LogP contribution < -0.4 is 58.7 Å². The Bertz CT molecular complexity index is 257. The van der Waals surface area contributed by atoms with E-state index < -0.39 is 49.5 Å². The zero-order chi connectivity index (χ0) is 21.5. The van der Waals surface area contributed by atoms with Gasteiger partial charge in [-0.3, -0.25) is 0 Å². The maximum atomic E-state index is 8.48. The second-order valence-corrected chi connectivity index (χ2v) is 4.02. The topological polar surface area (TPSA) is 379 Å². The first-order valence-electron chi connectivity index (χ1n) is 3.29. The van der Waals surface area contributed by atoms with Gasteiger partial charge >= 0.3 is 0 Å². The number of rotatable bonds is 0. The molecule has 0 unspecified atom stereocenters. The van der Waals surface area contributed by atoms with E-state index in [9.17, 15) is 0 Å². The first-order valence-corrected chi connectivity index (χ1v) is 9.86. The summed E-state index contributed by atoms with van der Waals surface area (Å²) in [6.45, 7) is 0. The van der Waals surface area contributed by atoms with Crippen LogP contribution in [-0.2, 0) is 48.5 Å². The molecule has 0 bridgehead atoms. The summed E-state index contributed by atoms with van der Waals surface area (Å²) in [6.07, 6.45) is 0. The van der Waals surface area contributed by atoms with E-state index in [1.807, 2.05) is 0 Å². The summed E-state index contributed by atoms with van der Waals surface area (Å²) in [6, 6.07) is 0. The Hall–Kier alpha value is 0.808. The summed E-state index contributed by atoms with van der Waals surface area (Å²) >= 11 is 0. The van der Waals surface area contributed by atoms with Gasteiger partial charge in [-0.2, -0.15) is 0 Å². The second kappa shape index (κ2) is 39.8. The van der Waals surface area contributed by atoms with Gasteiger partial charge in [-0.1, -0.05) is 27.4 Å². The van der Waals surface area contributed by atoms with Gasteiger partial charge < -0.3 is 58.7 Å². The molecule has 0 aromatic heterocycles. The van der Waals surface area contributed by atoms with Crippen molar-refractivity contribution in [1.29, 1.82) is 0 Å². The molecule has 0 fully saturated rings. The van der Waals surface area contributed by atoms with Crippen molar-refractivity contribution in [2.24, 2.45) is 0 Å². The maximum Gasteiger partial charge on any atom is 0.276 e. The van der Waals surface area contributed by atoms with Crippen LogP contribution in [0.25, 0.3) is 0 Å². The van der Waals surface area contributed by atoms with Gasteiger partial charge in [-0.15, -0.1) is 0 Å². The molecule has 0 amide bonds. The summed E-state index contributed by atoms with van der Waals surface area (Å²) in [5.74, 6) is 0. The molecular formula is MoO18P6-6. The van der Waals surface area contributed by atoms with Crippen molar-refractivity contribution in [2.45, 2.75) is 0 Å². The van der Waals surface area contributed by atoms with Gasteiger partial charge in [0, 0.05) is 21.1 Å². The van der Waals surface area contributed by atoms with Gasteiger partial charge in [-0.25, -0.2) is 0 Å². The normalized spacial score (nSPS) is 6.24. The Morgan fingerprint density at radius 3 is 0.280 bits per heavy atom. The van der Waals surface area contributed by atoms with Crippen LogP contribution in [0.4, 0.5) is 0 Å². The van der Waals surface area contributed by atoms with Crippen LogP contribution in [0, 0.1) is 0 Å². The largest absolute Gasteiger partial charge is 0.598 e. The molecule has 0 aliphatic heterocycles. The van der Waals surface area contributed by atoms with Gasteiger partial charge in [0.25, 0.3) is 49.5 Å². The molecule has 0 heterocycles. The minimum absolute atomic E-state index is 0. The van der Waals surface area contributed by atoms with Gasteiger partial charge in [0.2, 0.25) is 0 Å². The van der Waals surface area contributed by atoms with Gasteiger partial charge in [-0.05, 0) is 0 Å². The Balaban J connectivity index is -0.0000000309. The molecule has 150 valence electrons. The van der Waals surface area contributed by atoms with Gasteiger partial charge in [0.05, 0.1) is 0 Å². The fourth-order valence-electron chi connectivity index (χ4n) is 0. The first-order chi connectivity index (χ1) is 10.4. The Morgan fingerprint density at radius 2 is 0.280 bits per heavy atom. The van der Waals surface area contributed by atoms with Crippen LogP contribution >= 0.6 is 49.5 Å². The van der Waals surface area contributed by atoms with Gasteiger partial charge in [0.15, 0.2) is 0 Å². The smallest absolute Gasteiger partial charge is 0.276 e. The van der Waals surface area contributed by atoms with Gasteiger partial charge in [0.1, 0.15) is 0 Å². The molecule has 0 saturated carbocycles. The summed E-state index contributed by atoms with van der Waals surface area (Å²) in [5, 5.41) is 0. The second-order valence-electron chi connectivity index (χ2n) is 1.34. The maximum absolute atomic E-state index is 8.48. The molecule has 0 aromatic rings. The molecule has 0 aliphatic carbocycles. The molecule has 0 radical (unpaired) electrons. The minimum atomic E-state index is -3.37. The van der Waals surface area contributed by atoms with Crippen molar-refractivity contribution < 1.29 is 107 Å².